The number of carbonyl (C=O) groups excluding carboxylic acids is 3. The number of halogens is 1. The number of piperidine rings is 1. The molecule has 2 atom stereocenters. The van der Waals surface area contributed by atoms with Crippen molar-refractivity contribution < 1.29 is 27.2 Å². The maximum atomic E-state index is 13.5. The number of nitrogens with one attached hydrogen (secondary N) is 2. The Morgan fingerprint density at radius 1 is 1.05 bits per heavy atom. The molecule has 2 aliphatic rings. The molecule has 0 bridgehead atoms. The average Bonchev–Trinajstić information content (AvgIpc) is 2.89. The second-order valence-corrected chi connectivity index (χ2v) is 11.2. The summed E-state index contributed by atoms with van der Waals surface area (Å²) >= 11 is 0. The molecule has 0 saturated carbocycles. The molecule has 198 valence electrons. The van der Waals surface area contributed by atoms with Crippen molar-refractivity contribution in [3.8, 4) is 0 Å². The van der Waals surface area contributed by atoms with Crippen molar-refractivity contribution in [3.63, 3.8) is 0 Å². The second-order valence-electron chi connectivity index (χ2n) is 9.27. The molecule has 4 rings (SSSR count). The van der Waals surface area contributed by atoms with E-state index in [9.17, 15) is 27.2 Å². The highest BCUT2D eigenvalue weighted by Crippen LogP contribution is 2.23. The van der Waals surface area contributed by atoms with Crippen molar-refractivity contribution in [2.75, 3.05) is 45.2 Å². The number of nitrogens with zero attached hydrogens (tertiary/aromatic N) is 3. The molecular formula is C25H30FN5O5S. The van der Waals surface area contributed by atoms with Gasteiger partial charge < -0.3 is 20.4 Å². The first-order valence-corrected chi connectivity index (χ1v) is 13.4. The molecule has 0 radical (unpaired) electrons. The number of hydrogen-bond acceptors (Lipinski definition) is 6. The van der Waals surface area contributed by atoms with Crippen LogP contribution in [0.1, 0.15) is 23.2 Å². The molecular weight excluding hydrogens is 501 g/mol. The summed E-state index contributed by atoms with van der Waals surface area (Å²) in [6.07, 6.45) is 1.13. The Balaban J connectivity index is 1.61. The fourth-order valence-electron chi connectivity index (χ4n) is 4.44. The molecule has 12 heteroatoms. The fourth-order valence-corrected chi connectivity index (χ4v) is 5.88. The zero-order valence-electron chi connectivity index (χ0n) is 20.7. The number of hydrogen-bond donors (Lipinski definition) is 2. The zero-order valence-corrected chi connectivity index (χ0v) is 21.5. The molecule has 0 spiro atoms. The van der Waals surface area contributed by atoms with Crippen LogP contribution < -0.4 is 15.5 Å². The topological polar surface area (TPSA) is 119 Å². The highest BCUT2D eigenvalue weighted by atomic mass is 32.2. The first-order chi connectivity index (χ1) is 17.6. The normalized spacial score (nSPS) is 20.7. The quantitative estimate of drug-likeness (QED) is 0.569. The summed E-state index contributed by atoms with van der Waals surface area (Å²) in [6.45, 7) is 0.131. The maximum absolute atomic E-state index is 13.5. The third kappa shape index (κ3) is 5.75. The van der Waals surface area contributed by atoms with Gasteiger partial charge in [-0.1, -0.05) is 0 Å². The van der Waals surface area contributed by atoms with Gasteiger partial charge in [0, 0.05) is 51.5 Å². The first kappa shape index (κ1) is 26.6. The van der Waals surface area contributed by atoms with Crippen LogP contribution in [0.25, 0.3) is 0 Å². The van der Waals surface area contributed by atoms with E-state index < -0.39 is 39.7 Å². The van der Waals surface area contributed by atoms with Crippen molar-refractivity contribution in [2.24, 2.45) is 0 Å². The largest absolute Gasteiger partial charge is 0.378 e. The van der Waals surface area contributed by atoms with Gasteiger partial charge in [-0.2, -0.15) is 4.31 Å². The molecule has 2 aliphatic heterocycles. The molecule has 2 aromatic rings. The van der Waals surface area contributed by atoms with Gasteiger partial charge in [-0.05, 0) is 61.4 Å². The third-order valence-corrected chi connectivity index (χ3v) is 8.47. The Labute approximate surface area is 215 Å². The smallest absolute Gasteiger partial charge is 0.254 e. The highest BCUT2D eigenvalue weighted by Gasteiger charge is 2.41. The molecule has 0 unspecified atom stereocenters. The van der Waals surface area contributed by atoms with Gasteiger partial charge in [-0.15, -0.1) is 0 Å². The van der Waals surface area contributed by atoms with Crippen LogP contribution >= 0.6 is 0 Å². The monoisotopic (exact) mass is 531 g/mol. The summed E-state index contributed by atoms with van der Waals surface area (Å²) < 4.78 is 41.0. The second kappa shape index (κ2) is 10.9. The molecule has 2 fully saturated rings. The summed E-state index contributed by atoms with van der Waals surface area (Å²) in [7, 11) is -0.305. The molecule has 2 aromatic carbocycles. The van der Waals surface area contributed by atoms with E-state index in [1.807, 2.05) is 19.0 Å². The van der Waals surface area contributed by atoms with E-state index in [1.165, 1.54) is 4.90 Å². The zero-order chi connectivity index (χ0) is 26.7. The van der Waals surface area contributed by atoms with Crippen LogP contribution in [-0.2, 0) is 19.6 Å². The Bertz CT molecular complexity index is 1270. The van der Waals surface area contributed by atoms with Crippen molar-refractivity contribution in [2.45, 2.75) is 29.8 Å². The lowest BCUT2D eigenvalue weighted by Gasteiger charge is -2.40. The lowest BCUT2D eigenvalue weighted by Crippen LogP contribution is -2.63. The minimum atomic E-state index is -4.05. The van der Waals surface area contributed by atoms with E-state index in [2.05, 4.69) is 10.6 Å². The van der Waals surface area contributed by atoms with Crippen LogP contribution in [0.4, 0.5) is 10.1 Å². The van der Waals surface area contributed by atoms with Gasteiger partial charge in [-0.3, -0.25) is 14.4 Å². The standard InChI is InChI=1S/C25H30FN5O5S/c1-29(2)19-9-5-17(6-10-19)25(34)31-15-14-30(37(35,36)20-11-7-18(26)8-12-20)16-22(31)24(33)28-21-4-3-13-27-23(21)32/h5-12,21-22H,3-4,13-16H2,1-2H3,(H,27,32)(H,28,33)/t21-,22-/m0/s1. The molecule has 0 aromatic heterocycles. The minimum absolute atomic E-state index is 0.0381. The van der Waals surface area contributed by atoms with Crippen LogP contribution in [0, 0.1) is 5.82 Å². The van der Waals surface area contributed by atoms with Crippen LogP contribution in [0.5, 0.6) is 0 Å². The Kier molecular flexibility index (Phi) is 7.79. The van der Waals surface area contributed by atoms with Gasteiger partial charge in [0.05, 0.1) is 4.90 Å². The van der Waals surface area contributed by atoms with Gasteiger partial charge in [-0.25, -0.2) is 12.8 Å². The summed E-state index contributed by atoms with van der Waals surface area (Å²) in [6, 6.07) is 9.37. The molecule has 37 heavy (non-hydrogen) atoms. The first-order valence-electron chi connectivity index (χ1n) is 12.0. The predicted molar refractivity (Wildman–Crippen MR) is 135 cm³/mol. The Hall–Kier alpha value is -3.51. The van der Waals surface area contributed by atoms with Crippen molar-refractivity contribution in [1.29, 1.82) is 0 Å². The number of benzene rings is 2. The maximum Gasteiger partial charge on any atom is 0.254 e. The van der Waals surface area contributed by atoms with E-state index in [-0.39, 0.29) is 30.4 Å². The van der Waals surface area contributed by atoms with Crippen molar-refractivity contribution >= 4 is 33.4 Å². The SMILES string of the molecule is CN(C)c1ccc(C(=O)N2CCN(S(=O)(=O)c3ccc(F)cc3)C[C@H]2C(=O)N[C@H]2CCCNC2=O)cc1. The number of carbonyl (C=O) groups is 3. The van der Waals surface area contributed by atoms with Crippen LogP contribution in [0.2, 0.25) is 0 Å². The molecule has 3 amide bonds. The number of rotatable bonds is 6. The Morgan fingerprint density at radius 2 is 1.73 bits per heavy atom. The lowest BCUT2D eigenvalue weighted by molar-refractivity contribution is -0.133. The molecule has 10 nitrogen and oxygen atoms in total. The average molecular weight is 532 g/mol. The van der Waals surface area contributed by atoms with Gasteiger partial charge in [0.1, 0.15) is 17.9 Å². The highest BCUT2D eigenvalue weighted by molar-refractivity contribution is 7.89. The summed E-state index contributed by atoms with van der Waals surface area (Å²) in [5.41, 5.74) is 1.25. The van der Waals surface area contributed by atoms with Crippen molar-refractivity contribution in [1.82, 2.24) is 19.8 Å². The summed E-state index contributed by atoms with van der Waals surface area (Å²) in [4.78, 5) is 42.2. The van der Waals surface area contributed by atoms with Gasteiger partial charge in [0.15, 0.2) is 0 Å². The summed E-state index contributed by atoms with van der Waals surface area (Å²) in [5, 5.41) is 5.39. The molecule has 2 heterocycles. The van der Waals surface area contributed by atoms with Crippen LogP contribution in [-0.4, -0.2) is 87.7 Å². The van der Waals surface area contributed by atoms with Crippen molar-refractivity contribution in [3.05, 3.63) is 59.9 Å². The van der Waals surface area contributed by atoms with E-state index >= 15 is 0 Å². The predicted octanol–water partition coefficient (Wildman–Crippen LogP) is 0.802. The molecule has 2 N–H and O–H groups in total. The van der Waals surface area contributed by atoms with E-state index in [0.29, 0.717) is 24.9 Å². The third-order valence-electron chi connectivity index (χ3n) is 6.59. The number of sulfonamides is 1. The molecule has 0 aliphatic carbocycles. The number of anilines is 1. The fraction of sp³-hybridized carbons (Fsp3) is 0.400. The van der Waals surface area contributed by atoms with Gasteiger partial charge in [0.2, 0.25) is 21.8 Å². The molecule has 2 saturated heterocycles. The van der Waals surface area contributed by atoms with Gasteiger partial charge >= 0.3 is 0 Å². The minimum Gasteiger partial charge on any atom is -0.378 e. The number of amides is 3. The van der Waals surface area contributed by atoms with Gasteiger partial charge in [0.25, 0.3) is 5.91 Å². The van der Waals surface area contributed by atoms with E-state index in [0.717, 1.165) is 34.3 Å². The lowest BCUT2D eigenvalue weighted by atomic mass is 10.0. The van der Waals surface area contributed by atoms with E-state index in [4.69, 9.17) is 0 Å². The van der Waals surface area contributed by atoms with E-state index in [1.54, 1.807) is 24.3 Å². The van der Waals surface area contributed by atoms with Crippen LogP contribution in [0.15, 0.2) is 53.4 Å². The number of piperazine rings is 1. The van der Waals surface area contributed by atoms with Crippen LogP contribution in [0.3, 0.4) is 0 Å². The summed E-state index contributed by atoms with van der Waals surface area (Å²) in [5.74, 6) is -1.92. The Morgan fingerprint density at radius 3 is 2.35 bits per heavy atom.